The van der Waals surface area contributed by atoms with Gasteiger partial charge in [0.25, 0.3) is 0 Å². The smallest absolute Gasteiger partial charge is 0.323 e. The zero-order valence-electron chi connectivity index (χ0n) is 13.2. The largest absolute Gasteiger partial charge is 0.491 e. The lowest BCUT2D eigenvalue weighted by atomic mass is 10.2. The number of rotatable bonds is 7. The fraction of sp³-hybridized carbons (Fsp3) is 0.176. The van der Waals surface area contributed by atoms with Crippen molar-refractivity contribution in [1.29, 1.82) is 0 Å². The van der Waals surface area contributed by atoms with Crippen LogP contribution >= 0.6 is 0 Å². The molecule has 126 valence electrons. The van der Waals surface area contributed by atoms with Gasteiger partial charge in [-0.25, -0.2) is 4.79 Å². The van der Waals surface area contributed by atoms with Crippen molar-refractivity contribution in [2.24, 2.45) is 5.73 Å². The minimum atomic E-state index is -0.517. The molecule has 3 amide bonds. The van der Waals surface area contributed by atoms with Gasteiger partial charge in [-0.15, -0.1) is 0 Å². The maximum absolute atomic E-state index is 12.0. The van der Waals surface area contributed by atoms with Crippen LogP contribution < -0.4 is 21.1 Å². The third-order valence-electron chi connectivity index (χ3n) is 3.08. The van der Waals surface area contributed by atoms with E-state index in [2.05, 4.69) is 10.6 Å². The number of nitrogens with two attached hydrogens (primary N) is 1. The molecule has 4 N–H and O–H groups in total. The highest BCUT2D eigenvalue weighted by Gasteiger charge is 2.05. The molecule has 0 aliphatic rings. The van der Waals surface area contributed by atoms with E-state index in [-0.39, 0.29) is 0 Å². The number of ether oxygens (including phenoxy) is 2. The maximum atomic E-state index is 12.0. The average molecular weight is 329 g/mol. The summed E-state index contributed by atoms with van der Waals surface area (Å²) < 4.78 is 10.4. The van der Waals surface area contributed by atoms with E-state index >= 15 is 0 Å². The van der Waals surface area contributed by atoms with Gasteiger partial charge in [-0.3, -0.25) is 4.79 Å². The molecule has 0 aromatic heterocycles. The predicted octanol–water partition coefficient (Wildman–Crippen LogP) is 2.45. The normalized spacial score (nSPS) is 10.0. The lowest BCUT2D eigenvalue weighted by Gasteiger charge is -2.10. The summed E-state index contributed by atoms with van der Waals surface area (Å²) in [5, 5.41) is 5.37. The second-order valence-corrected chi connectivity index (χ2v) is 4.89. The van der Waals surface area contributed by atoms with Gasteiger partial charge in [-0.2, -0.15) is 0 Å². The number of anilines is 2. The van der Waals surface area contributed by atoms with E-state index < -0.39 is 11.9 Å². The molecule has 0 saturated heterocycles. The van der Waals surface area contributed by atoms with Crippen LogP contribution in [0.1, 0.15) is 10.4 Å². The minimum absolute atomic E-state index is 0.377. The standard InChI is InChI=1S/C17H19N3O4/c1-23-9-10-24-15-4-2-3-14(11-15)20-17(22)19-13-7-5-12(6-8-13)16(18)21/h2-8,11H,9-10H2,1H3,(H2,18,21)(H2,19,20,22). The van der Waals surface area contributed by atoms with E-state index in [9.17, 15) is 9.59 Å². The molecule has 0 fully saturated rings. The molecule has 7 nitrogen and oxygen atoms in total. The molecule has 0 unspecified atom stereocenters. The maximum Gasteiger partial charge on any atom is 0.323 e. The van der Waals surface area contributed by atoms with Crippen molar-refractivity contribution in [1.82, 2.24) is 0 Å². The fourth-order valence-electron chi connectivity index (χ4n) is 1.92. The summed E-state index contributed by atoms with van der Waals surface area (Å²) in [6.45, 7) is 0.914. The second kappa shape index (κ2) is 8.54. The Kier molecular flexibility index (Phi) is 6.16. The lowest BCUT2D eigenvalue weighted by Crippen LogP contribution is -2.19. The number of methoxy groups -OCH3 is 1. The van der Waals surface area contributed by atoms with Crippen LogP contribution in [0.3, 0.4) is 0 Å². The molecular formula is C17H19N3O4. The van der Waals surface area contributed by atoms with Gasteiger partial charge in [-0.05, 0) is 36.4 Å². The highest BCUT2D eigenvalue weighted by Crippen LogP contribution is 2.18. The van der Waals surface area contributed by atoms with Gasteiger partial charge in [0.05, 0.1) is 6.61 Å². The molecule has 0 heterocycles. The van der Waals surface area contributed by atoms with Crippen LogP contribution in [0.5, 0.6) is 5.75 Å². The molecule has 2 rings (SSSR count). The van der Waals surface area contributed by atoms with E-state index in [4.69, 9.17) is 15.2 Å². The van der Waals surface area contributed by atoms with Crippen molar-refractivity contribution in [2.75, 3.05) is 31.0 Å². The van der Waals surface area contributed by atoms with Crippen LogP contribution in [0.15, 0.2) is 48.5 Å². The van der Waals surface area contributed by atoms with Crippen molar-refractivity contribution in [3.63, 3.8) is 0 Å². The Bertz CT molecular complexity index is 701. The zero-order chi connectivity index (χ0) is 17.4. The van der Waals surface area contributed by atoms with E-state index in [1.807, 2.05) is 0 Å². The van der Waals surface area contributed by atoms with Crippen molar-refractivity contribution in [2.45, 2.75) is 0 Å². The first-order valence-electron chi connectivity index (χ1n) is 7.28. The number of urea groups is 1. The fourth-order valence-corrected chi connectivity index (χ4v) is 1.92. The molecule has 7 heteroatoms. The molecule has 0 aliphatic heterocycles. The van der Waals surface area contributed by atoms with Crippen molar-refractivity contribution >= 4 is 23.3 Å². The Morgan fingerprint density at radius 1 is 1.00 bits per heavy atom. The number of hydrogen-bond donors (Lipinski definition) is 3. The zero-order valence-corrected chi connectivity index (χ0v) is 13.2. The van der Waals surface area contributed by atoms with Gasteiger partial charge in [0, 0.05) is 30.1 Å². The Hall–Kier alpha value is -3.06. The molecule has 0 bridgehead atoms. The minimum Gasteiger partial charge on any atom is -0.491 e. The predicted molar refractivity (Wildman–Crippen MR) is 91.4 cm³/mol. The molecule has 0 spiro atoms. The van der Waals surface area contributed by atoms with Crippen molar-refractivity contribution < 1.29 is 19.1 Å². The van der Waals surface area contributed by atoms with Crippen LogP contribution in [0, 0.1) is 0 Å². The van der Waals surface area contributed by atoms with Gasteiger partial charge in [-0.1, -0.05) is 6.07 Å². The molecule has 0 atom stereocenters. The molecule has 2 aromatic carbocycles. The number of carbonyl (C=O) groups excluding carboxylic acids is 2. The highest BCUT2D eigenvalue weighted by atomic mass is 16.5. The van der Waals surface area contributed by atoms with Crippen LogP contribution in [0.4, 0.5) is 16.2 Å². The summed E-state index contributed by atoms with van der Waals surface area (Å²) in [6, 6.07) is 12.9. The molecule has 2 aromatic rings. The second-order valence-electron chi connectivity index (χ2n) is 4.89. The summed E-state index contributed by atoms with van der Waals surface area (Å²) in [4.78, 5) is 23.0. The monoisotopic (exact) mass is 329 g/mol. The van der Waals surface area contributed by atoms with Crippen LogP contribution in [-0.4, -0.2) is 32.3 Å². The summed E-state index contributed by atoms with van der Waals surface area (Å²) >= 11 is 0. The van der Waals surface area contributed by atoms with Gasteiger partial charge in [0.15, 0.2) is 0 Å². The van der Waals surface area contributed by atoms with Gasteiger partial charge >= 0.3 is 6.03 Å². The number of hydrogen-bond acceptors (Lipinski definition) is 4. The lowest BCUT2D eigenvalue weighted by molar-refractivity contribution is 0.100. The van der Waals surface area contributed by atoms with Gasteiger partial charge in [0.1, 0.15) is 12.4 Å². The SMILES string of the molecule is COCCOc1cccc(NC(=O)Nc2ccc(C(N)=O)cc2)c1. The first-order valence-corrected chi connectivity index (χ1v) is 7.28. The summed E-state index contributed by atoms with van der Waals surface area (Å²) in [5.41, 5.74) is 6.68. The highest BCUT2D eigenvalue weighted by molar-refractivity contribution is 6.00. The number of amides is 3. The van der Waals surface area contributed by atoms with E-state index in [1.54, 1.807) is 55.6 Å². The van der Waals surface area contributed by atoms with E-state index in [0.717, 1.165) is 0 Å². The Labute approximate surface area is 139 Å². The third-order valence-corrected chi connectivity index (χ3v) is 3.08. The van der Waals surface area contributed by atoms with Crippen LogP contribution in [-0.2, 0) is 4.74 Å². The Morgan fingerprint density at radius 2 is 1.71 bits per heavy atom. The first-order chi connectivity index (χ1) is 11.6. The van der Waals surface area contributed by atoms with Gasteiger partial charge in [0.2, 0.25) is 5.91 Å². The Morgan fingerprint density at radius 3 is 2.38 bits per heavy atom. The quantitative estimate of drug-likeness (QED) is 0.679. The van der Waals surface area contributed by atoms with Gasteiger partial charge < -0.3 is 25.8 Å². The third kappa shape index (κ3) is 5.29. The van der Waals surface area contributed by atoms with E-state index in [0.29, 0.717) is 35.9 Å². The van der Waals surface area contributed by atoms with Crippen molar-refractivity contribution in [3.8, 4) is 5.75 Å². The number of nitrogens with one attached hydrogen (secondary N) is 2. The average Bonchev–Trinajstić information content (AvgIpc) is 2.56. The summed E-state index contributed by atoms with van der Waals surface area (Å²) in [6.07, 6.45) is 0. The first kappa shape index (κ1) is 17.3. The Balaban J connectivity index is 1.92. The number of carbonyl (C=O) groups is 2. The molecule has 24 heavy (non-hydrogen) atoms. The molecule has 0 aliphatic carbocycles. The number of benzene rings is 2. The topological polar surface area (TPSA) is 103 Å². The van der Waals surface area contributed by atoms with E-state index in [1.165, 1.54) is 0 Å². The summed E-state index contributed by atoms with van der Waals surface area (Å²) in [5.74, 6) is 0.118. The van der Waals surface area contributed by atoms with Crippen LogP contribution in [0.25, 0.3) is 0 Å². The number of primary amides is 1. The molecule has 0 radical (unpaired) electrons. The molecule has 0 saturated carbocycles. The molecular weight excluding hydrogens is 310 g/mol. The van der Waals surface area contributed by atoms with Crippen molar-refractivity contribution in [3.05, 3.63) is 54.1 Å². The van der Waals surface area contributed by atoms with Crippen LogP contribution in [0.2, 0.25) is 0 Å². The summed E-state index contributed by atoms with van der Waals surface area (Å²) in [7, 11) is 1.60.